The van der Waals surface area contributed by atoms with Crippen LogP contribution in [0.2, 0.25) is 0 Å². The van der Waals surface area contributed by atoms with Gasteiger partial charge in [-0.2, -0.15) is 5.10 Å². The Bertz CT molecular complexity index is 390. The molecule has 90 valence electrons. The molecule has 0 amide bonds. The molecular weight excluding hydrogens is 220 g/mol. The van der Waals surface area contributed by atoms with Crippen molar-refractivity contribution in [3.8, 4) is 0 Å². The molecular formula is C9H13F2N3O2. The number of ether oxygens (including phenoxy) is 1. The summed E-state index contributed by atoms with van der Waals surface area (Å²) < 4.78 is 29.2. The number of nitrogen functional groups attached to an aromatic ring is 1. The molecule has 0 unspecified atom stereocenters. The maximum atomic E-state index is 11.8. The van der Waals surface area contributed by atoms with Gasteiger partial charge in [0.1, 0.15) is 6.54 Å². The molecule has 0 bridgehead atoms. The van der Waals surface area contributed by atoms with Crippen molar-refractivity contribution in [3.63, 3.8) is 0 Å². The zero-order chi connectivity index (χ0) is 12.3. The lowest BCUT2D eigenvalue weighted by Crippen LogP contribution is -2.18. The summed E-state index contributed by atoms with van der Waals surface area (Å²) in [6.07, 6.45) is -2.66. The fourth-order valence-electron chi connectivity index (χ4n) is 1.19. The monoisotopic (exact) mass is 233 g/mol. The summed E-state index contributed by atoms with van der Waals surface area (Å²) in [5, 5.41) is 3.98. The van der Waals surface area contributed by atoms with Gasteiger partial charge < -0.3 is 10.5 Å². The number of nitrogens with zero attached hydrogens (tertiary/aromatic N) is 2. The van der Waals surface area contributed by atoms with Crippen LogP contribution in [0, 0.1) is 13.8 Å². The SMILES string of the molecule is Cc1nn(CC(=O)OCC(F)F)c(C)c1N. The summed E-state index contributed by atoms with van der Waals surface area (Å²) in [5.74, 6) is -0.758. The topological polar surface area (TPSA) is 70.1 Å². The van der Waals surface area contributed by atoms with Crippen molar-refractivity contribution in [2.75, 3.05) is 12.3 Å². The van der Waals surface area contributed by atoms with Crippen LogP contribution >= 0.6 is 0 Å². The van der Waals surface area contributed by atoms with Crippen LogP contribution in [-0.4, -0.2) is 28.8 Å². The van der Waals surface area contributed by atoms with Gasteiger partial charge in [-0.1, -0.05) is 0 Å². The second-order valence-corrected chi connectivity index (χ2v) is 3.32. The Labute approximate surface area is 91.2 Å². The molecule has 1 aromatic rings. The quantitative estimate of drug-likeness (QED) is 0.784. The molecule has 1 heterocycles. The summed E-state index contributed by atoms with van der Waals surface area (Å²) in [4.78, 5) is 11.1. The van der Waals surface area contributed by atoms with Gasteiger partial charge in [0.15, 0.2) is 6.61 Å². The van der Waals surface area contributed by atoms with E-state index in [1.165, 1.54) is 4.68 Å². The first-order valence-corrected chi connectivity index (χ1v) is 4.65. The van der Waals surface area contributed by atoms with Crippen LogP contribution in [-0.2, 0) is 16.1 Å². The number of aromatic nitrogens is 2. The third-order valence-corrected chi connectivity index (χ3v) is 2.09. The Morgan fingerprint density at radius 3 is 2.62 bits per heavy atom. The third kappa shape index (κ3) is 2.91. The number of aryl methyl sites for hydroxylation is 1. The molecule has 7 heteroatoms. The average molecular weight is 233 g/mol. The van der Waals surface area contributed by atoms with Gasteiger partial charge in [0, 0.05) is 0 Å². The minimum atomic E-state index is -2.66. The number of halogens is 2. The standard InChI is InChI=1S/C9H13F2N3O2/c1-5-9(12)6(2)14(13-5)3-8(15)16-4-7(10)11/h7H,3-4,12H2,1-2H3. The van der Waals surface area contributed by atoms with Crippen LogP contribution in [0.5, 0.6) is 0 Å². The Balaban J connectivity index is 2.60. The number of hydrogen-bond acceptors (Lipinski definition) is 4. The van der Waals surface area contributed by atoms with E-state index in [-0.39, 0.29) is 6.54 Å². The predicted molar refractivity (Wildman–Crippen MR) is 53.1 cm³/mol. The second kappa shape index (κ2) is 4.91. The van der Waals surface area contributed by atoms with Gasteiger partial charge in [-0.3, -0.25) is 9.48 Å². The van der Waals surface area contributed by atoms with Crippen molar-refractivity contribution in [2.45, 2.75) is 26.8 Å². The van der Waals surface area contributed by atoms with E-state index in [2.05, 4.69) is 9.84 Å². The number of anilines is 1. The summed E-state index contributed by atoms with van der Waals surface area (Å²) in [6.45, 7) is 2.28. The second-order valence-electron chi connectivity index (χ2n) is 3.32. The van der Waals surface area contributed by atoms with Gasteiger partial charge in [0.05, 0.1) is 17.1 Å². The molecule has 0 aliphatic heterocycles. The first-order chi connectivity index (χ1) is 7.41. The first-order valence-electron chi connectivity index (χ1n) is 4.65. The van der Waals surface area contributed by atoms with E-state index in [1.807, 2.05) is 0 Å². The zero-order valence-corrected chi connectivity index (χ0v) is 9.04. The minimum absolute atomic E-state index is 0.212. The van der Waals surface area contributed by atoms with Gasteiger partial charge in [0.25, 0.3) is 6.43 Å². The van der Waals surface area contributed by atoms with Gasteiger partial charge in [-0.25, -0.2) is 8.78 Å². The average Bonchev–Trinajstić information content (AvgIpc) is 2.43. The number of carbonyl (C=O) groups is 1. The highest BCUT2D eigenvalue weighted by Crippen LogP contribution is 2.14. The van der Waals surface area contributed by atoms with E-state index in [4.69, 9.17) is 5.73 Å². The number of carbonyl (C=O) groups excluding carboxylic acids is 1. The molecule has 2 N–H and O–H groups in total. The molecule has 0 saturated heterocycles. The molecule has 5 nitrogen and oxygen atoms in total. The molecule has 0 aliphatic carbocycles. The van der Waals surface area contributed by atoms with Crippen molar-refractivity contribution in [2.24, 2.45) is 0 Å². The highest BCUT2D eigenvalue weighted by molar-refractivity contribution is 5.69. The zero-order valence-electron chi connectivity index (χ0n) is 9.04. The van der Waals surface area contributed by atoms with E-state index in [0.29, 0.717) is 17.1 Å². The van der Waals surface area contributed by atoms with Crippen LogP contribution < -0.4 is 5.73 Å². The van der Waals surface area contributed by atoms with E-state index in [9.17, 15) is 13.6 Å². The Kier molecular flexibility index (Phi) is 3.81. The summed E-state index contributed by atoms with van der Waals surface area (Å²) in [6, 6.07) is 0. The highest BCUT2D eigenvalue weighted by Gasteiger charge is 2.13. The number of nitrogens with two attached hydrogens (primary N) is 1. The van der Waals surface area contributed by atoms with Crippen LogP contribution in [0.15, 0.2) is 0 Å². The fourth-order valence-corrected chi connectivity index (χ4v) is 1.19. The summed E-state index contributed by atoms with van der Waals surface area (Å²) in [7, 11) is 0. The molecule has 1 rings (SSSR count). The molecule has 0 radical (unpaired) electrons. The van der Waals surface area contributed by atoms with Gasteiger partial charge >= 0.3 is 5.97 Å². The number of esters is 1. The van der Waals surface area contributed by atoms with Crippen molar-refractivity contribution < 1.29 is 18.3 Å². The molecule has 0 aliphatic rings. The fraction of sp³-hybridized carbons (Fsp3) is 0.556. The maximum Gasteiger partial charge on any atom is 0.327 e. The van der Waals surface area contributed by atoms with Crippen molar-refractivity contribution in [1.29, 1.82) is 0 Å². The Hall–Kier alpha value is -1.66. The number of rotatable bonds is 4. The largest absolute Gasteiger partial charge is 0.458 e. The predicted octanol–water partition coefficient (Wildman–Crippen LogP) is 0.890. The molecule has 0 fully saturated rings. The van der Waals surface area contributed by atoms with E-state index in [0.717, 1.165) is 0 Å². The van der Waals surface area contributed by atoms with Crippen molar-refractivity contribution >= 4 is 11.7 Å². The molecule has 16 heavy (non-hydrogen) atoms. The lowest BCUT2D eigenvalue weighted by atomic mass is 10.3. The van der Waals surface area contributed by atoms with Crippen molar-refractivity contribution in [1.82, 2.24) is 9.78 Å². The third-order valence-electron chi connectivity index (χ3n) is 2.09. The minimum Gasteiger partial charge on any atom is -0.458 e. The molecule has 1 aromatic heterocycles. The van der Waals surface area contributed by atoms with E-state index >= 15 is 0 Å². The van der Waals surface area contributed by atoms with Crippen LogP contribution in [0.3, 0.4) is 0 Å². The highest BCUT2D eigenvalue weighted by atomic mass is 19.3. The van der Waals surface area contributed by atoms with Crippen LogP contribution in [0.25, 0.3) is 0 Å². The van der Waals surface area contributed by atoms with Crippen LogP contribution in [0.4, 0.5) is 14.5 Å². The Morgan fingerprint density at radius 1 is 1.56 bits per heavy atom. The molecule has 0 spiro atoms. The lowest BCUT2D eigenvalue weighted by molar-refractivity contribution is -0.148. The van der Waals surface area contributed by atoms with Crippen molar-refractivity contribution in [3.05, 3.63) is 11.4 Å². The number of hydrogen-bond donors (Lipinski definition) is 1. The molecule has 0 aromatic carbocycles. The maximum absolute atomic E-state index is 11.8. The smallest absolute Gasteiger partial charge is 0.327 e. The summed E-state index contributed by atoms with van der Waals surface area (Å²) >= 11 is 0. The van der Waals surface area contributed by atoms with E-state index < -0.39 is 19.0 Å². The molecule has 0 atom stereocenters. The Morgan fingerprint density at radius 2 is 2.19 bits per heavy atom. The van der Waals surface area contributed by atoms with E-state index in [1.54, 1.807) is 13.8 Å². The van der Waals surface area contributed by atoms with Gasteiger partial charge in [-0.15, -0.1) is 0 Å². The lowest BCUT2D eigenvalue weighted by Gasteiger charge is -2.05. The molecule has 0 saturated carbocycles. The summed E-state index contributed by atoms with van der Waals surface area (Å²) in [5.41, 5.74) is 7.35. The first kappa shape index (κ1) is 12.4. The van der Waals surface area contributed by atoms with Gasteiger partial charge in [0.2, 0.25) is 0 Å². The normalized spacial score (nSPS) is 10.8. The van der Waals surface area contributed by atoms with Crippen LogP contribution in [0.1, 0.15) is 11.4 Å². The number of alkyl halides is 2. The van der Waals surface area contributed by atoms with Gasteiger partial charge in [-0.05, 0) is 13.8 Å².